The number of halogens is 2. The molecule has 6 heteroatoms. The van der Waals surface area contributed by atoms with E-state index in [4.69, 9.17) is 13.9 Å². The van der Waals surface area contributed by atoms with Crippen molar-refractivity contribution in [1.29, 1.82) is 0 Å². The zero-order valence-corrected chi connectivity index (χ0v) is 12.3. The van der Waals surface area contributed by atoms with Gasteiger partial charge in [0, 0.05) is 13.7 Å². The number of nitrogens with one attached hydrogen (secondary N) is 1. The molecular weight excluding hydrogens is 342 g/mol. The maximum absolute atomic E-state index is 5.41. The van der Waals surface area contributed by atoms with Gasteiger partial charge < -0.3 is 19.2 Å². The SMILES string of the molecule is COCCOCCNCc1cc(Br)c(Br)o1. The molecule has 0 atom stereocenters. The third kappa shape index (κ3) is 5.45. The first-order valence-corrected chi connectivity index (χ1v) is 6.53. The molecule has 0 spiro atoms. The van der Waals surface area contributed by atoms with Gasteiger partial charge in [0.05, 0.1) is 30.8 Å². The van der Waals surface area contributed by atoms with Crippen molar-refractivity contribution in [3.8, 4) is 0 Å². The summed E-state index contributed by atoms with van der Waals surface area (Å²) in [5.41, 5.74) is 0. The highest BCUT2D eigenvalue weighted by atomic mass is 79.9. The fraction of sp³-hybridized carbons (Fsp3) is 0.600. The molecule has 0 aliphatic heterocycles. The minimum absolute atomic E-state index is 0.635. The van der Waals surface area contributed by atoms with Gasteiger partial charge in [-0.05, 0) is 37.9 Å². The highest BCUT2D eigenvalue weighted by molar-refractivity contribution is 9.13. The van der Waals surface area contributed by atoms with Crippen molar-refractivity contribution < 1.29 is 13.9 Å². The van der Waals surface area contributed by atoms with E-state index in [0.29, 0.717) is 26.4 Å². The van der Waals surface area contributed by atoms with Crippen molar-refractivity contribution in [2.45, 2.75) is 6.54 Å². The van der Waals surface area contributed by atoms with Gasteiger partial charge in [-0.25, -0.2) is 0 Å². The third-order valence-corrected chi connectivity index (χ3v) is 3.56. The summed E-state index contributed by atoms with van der Waals surface area (Å²) in [6, 6.07) is 1.93. The lowest BCUT2D eigenvalue weighted by molar-refractivity contribution is 0.0717. The normalized spacial score (nSPS) is 10.9. The summed E-state index contributed by atoms with van der Waals surface area (Å²) in [6.45, 7) is 3.43. The summed E-state index contributed by atoms with van der Waals surface area (Å²) in [4.78, 5) is 0. The second-order valence-corrected chi connectivity index (χ2v) is 4.69. The number of ether oxygens (including phenoxy) is 2. The van der Waals surface area contributed by atoms with Crippen LogP contribution in [0.1, 0.15) is 5.76 Å². The fourth-order valence-electron chi connectivity index (χ4n) is 1.08. The Hall–Kier alpha value is 0.120. The Morgan fingerprint density at radius 1 is 1.31 bits per heavy atom. The first kappa shape index (κ1) is 14.2. The Labute approximate surface area is 112 Å². The zero-order chi connectivity index (χ0) is 11.8. The molecule has 1 rings (SSSR count). The average molecular weight is 357 g/mol. The smallest absolute Gasteiger partial charge is 0.183 e. The minimum Gasteiger partial charge on any atom is -0.452 e. The Morgan fingerprint density at radius 2 is 2.12 bits per heavy atom. The maximum atomic E-state index is 5.41. The summed E-state index contributed by atoms with van der Waals surface area (Å²) >= 11 is 6.65. The van der Waals surface area contributed by atoms with Gasteiger partial charge in [-0.3, -0.25) is 0 Å². The maximum Gasteiger partial charge on any atom is 0.183 e. The van der Waals surface area contributed by atoms with Gasteiger partial charge >= 0.3 is 0 Å². The van der Waals surface area contributed by atoms with Crippen LogP contribution in [0.4, 0.5) is 0 Å². The molecule has 0 aliphatic carbocycles. The number of rotatable bonds is 8. The van der Waals surface area contributed by atoms with Gasteiger partial charge in [-0.2, -0.15) is 0 Å². The van der Waals surface area contributed by atoms with E-state index >= 15 is 0 Å². The highest BCUT2D eigenvalue weighted by Gasteiger charge is 2.04. The molecule has 0 saturated heterocycles. The molecule has 0 aromatic carbocycles. The van der Waals surface area contributed by atoms with E-state index in [0.717, 1.165) is 21.4 Å². The van der Waals surface area contributed by atoms with Crippen LogP contribution in [0.25, 0.3) is 0 Å². The van der Waals surface area contributed by atoms with Crippen LogP contribution < -0.4 is 5.32 Å². The molecular formula is C10H15Br2NO3. The van der Waals surface area contributed by atoms with Crippen molar-refractivity contribution in [2.24, 2.45) is 0 Å². The zero-order valence-electron chi connectivity index (χ0n) is 9.09. The van der Waals surface area contributed by atoms with E-state index in [2.05, 4.69) is 37.2 Å². The molecule has 1 aromatic heterocycles. The fourth-order valence-corrected chi connectivity index (χ4v) is 1.74. The standard InChI is InChI=1S/C10H15Br2NO3/c1-14-4-5-15-3-2-13-7-8-6-9(11)10(12)16-8/h6,13H,2-5,7H2,1H3. The lowest BCUT2D eigenvalue weighted by Gasteiger charge is -2.04. The summed E-state index contributed by atoms with van der Waals surface area (Å²) in [6.07, 6.45) is 0. The van der Waals surface area contributed by atoms with Crippen LogP contribution >= 0.6 is 31.9 Å². The van der Waals surface area contributed by atoms with Gasteiger partial charge in [-0.15, -0.1) is 0 Å². The Balaban J connectivity index is 2.03. The third-order valence-electron chi connectivity index (χ3n) is 1.85. The van der Waals surface area contributed by atoms with Gasteiger partial charge in [0.2, 0.25) is 0 Å². The number of hydrogen-bond donors (Lipinski definition) is 1. The monoisotopic (exact) mass is 355 g/mol. The number of methoxy groups -OCH3 is 1. The highest BCUT2D eigenvalue weighted by Crippen LogP contribution is 2.26. The van der Waals surface area contributed by atoms with E-state index in [-0.39, 0.29) is 0 Å². The van der Waals surface area contributed by atoms with Gasteiger partial charge in [-0.1, -0.05) is 0 Å². The first-order valence-electron chi connectivity index (χ1n) is 4.95. The van der Waals surface area contributed by atoms with Crippen molar-refractivity contribution in [3.05, 3.63) is 21.0 Å². The lowest BCUT2D eigenvalue weighted by Crippen LogP contribution is -2.19. The molecule has 4 nitrogen and oxygen atoms in total. The van der Waals surface area contributed by atoms with Crippen molar-refractivity contribution in [2.75, 3.05) is 33.5 Å². The molecule has 0 saturated carbocycles. The van der Waals surface area contributed by atoms with Crippen molar-refractivity contribution in [1.82, 2.24) is 5.32 Å². The molecule has 16 heavy (non-hydrogen) atoms. The molecule has 1 heterocycles. The van der Waals surface area contributed by atoms with E-state index in [1.807, 2.05) is 6.07 Å². The van der Waals surface area contributed by atoms with E-state index < -0.39 is 0 Å². The van der Waals surface area contributed by atoms with Crippen LogP contribution in [0.3, 0.4) is 0 Å². The molecule has 92 valence electrons. The Bertz CT molecular complexity index is 285. The quantitative estimate of drug-likeness (QED) is 0.727. The van der Waals surface area contributed by atoms with Gasteiger partial charge in [0.15, 0.2) is 4.67 Å². The summed E-state index contributed by atoms with van der Waals surface area (Å²) in [5, 5.41) is 3.22. The topological polar surface area (TPSA) is 43.6 Å². The Kier molecular flexibility index (Phi) is 7.31. The lowest BCUT2D eigenvalue weighted by atomic mass is 10.4. The predicted molar refractivity (Wildman–Crippen MR) is 68.5 cm³/mol. The number of hydrogen-bond acceptors (Lipinski definition) is 4. The van der Waals surface area contributed by atoms with Crippen LogP contribution in [-0.2, 0) is 16.0 Å². The van der Waals surface area contributed by atoms with Gasteiger partial charge in [0.1, 0.15) is 5.76 Å². The first-order chi connectivity index (χ1) is 7.74. The largest absolute Gasteiger partial charge is 0.452 e. The summed E-state index contributed by atoms with van der Waals surface area (Å²) in [7, 11) is 1.66. The van der Waals surface area contributed by atoms with Crippen LogP contribution in [0.5, 0.6) is 0 Å². The molecule has 0 fully saturated rings. The van der Waals surface area contributed by atoms with Crippen molar-refractivity contribution >= 4 is 31.9 Å². The molecule has 1 N–H and O–H groups in total. The molecule has 0 aliphatic rings. The average Bonchev–Trinajstić information content (AvgIpc) is 2.57. The van der Waals surface area contributed by atoms with Gasteiger partial charge in [0.25, 0.3) is 0 Å². The molecule has 0 unspecified atom stereocenters. The van der Waals surface area contributed by atoms with Crippen LogP contribution in [0.2, 0.25) is 0 Å². The van der Waals surface area contributed by atoms with Crippen molar-refractivity contribution in [3.63, 3.8) is 0 Å². The van der Waals surface area contributed by atoms with Crippen LogP contribution in [0.15, 0.2) is 19.6 Å². The second kappa shape index (κ2) is 8.25. The summed E-state index contributed by atoms with van der Waals surface area (Å²) in [5.74, 6) is 0.885. The van der Waals surface area contributed by atoms with E-state index in [1.54, 1.807) is 7.11 Å². The number of furan rings is 1. The van der Waals surface area contributed by atoms with Crippen LogP contribution in [0, 0.1) is 0 Å². The summed E-state index contributed by atoms with van der Waals surface area (Å²) < 4.78 is 17.2. The van der Waals surface area contributed by atoms with E-state index in [9.17, 15) is 0 Å². The minimum atomic E-state index is 0.635. The predicted octanol–water partition coefficient (Wildman–Crippen LogP) is 2.56. The second-order valence-electron chi connectivity index (χ2n) is 3.12. The molecule has 1 aromatic rings. The van der Waals surface area contributed by atoms with E-state index in [1.165, 1.54) is 0 Å². The molecule has 0 bridgehead atoms. The molecule has 0 amide bonds. The Morgan fingerprint density at radius 3 is 2.75 bits per heavy atom. The molecule has 0 radical (unpaired) electrons. The van der Waals surface area contributed by atoms with Crippen LogP contribution in [-0.4, -0.2) is 33.5 Å².